The number of carbonyl (C=O) groups is 2. The Bertz CT molecular complexity index is 1790. The molecule has 0 saturated heterocycles. The molecule has 0 amide bonds. The number of aliphatic hydroxyl groups excluding tert-OH is 2. The topological polar surface area (TPSA) is 190 Å². The van der Waals surface area contributed by atoms with Gasteiger partial charge < -0.3 is 30.2 Å². The Kier molecular flexibility index (Phi) is 19.3. The highest BCUT2D eigenvalue weighted by atomic mass is 31.2. The van der Waals surface area contributed by atoms with Gasteiger partial charge in [-0.3, -0.25) is 9.13 Å². The molecule has 6 rings (SSSR count). The number of hydrogen-bond donors (Lipinski definition) is 6. The van der Waals surface area contributed by atoms with Gasteiger partial charge in [0.25, 0.3) is 14.7 Å². The lowest BCUT2D eigenvalue weighted by molar-refractivity contribution is 0.0438. The molecule has 0 saturated carbocycles. The van der Waals surface area contributed by atoms with E-state index in [9.17, 15) is 28.5 Å². The quantitative estimate of drug-likeness (QED) is 0.100. The van der Waals surface area contributed by atoms with Crippen LogP contribution in [0.25, 0.3) is 0 Å². The zero-order valence-corrected chi connectivity index (χ0v) is 31.5. The third-order valence-electron chi connectivity index (χ3n) is 7.16. The fourth-order valence-electron chi connectivity index (χ4n) is 3.98. The van der Waals surface area contributed by atoms with E-state index in [-0.39, 0.29) is 0 Å². The van der Waals surface area contributed by atoms with Crippen LogP contribution in [0.2, 0.25) is 0 Å². The summed E-state index contributed by atoms with van der Waals surface area (Å²) in [6, 6.07) is 51.4. The van der Waals surface area contributed by atoms with E-state index in [4.69, 9.17) is 20.4 Å². The zero-order chi connectivity index (χ0) is 40.0. The van der Waals surface area contributed by atoms with Crippen LogP contribution in [-0.2, 0) is 9.13 Å². The van der Waals surface area contributed by atoms with Crippen molar-refractivity contribution in [1.82, 2.24) is 0 Å². The van der Waals surface area contributed by atoms with Crippen LogP contribution in [0.5, 0.6) is 0 Å². The number of aromatic carboxylic acids is 2. The number of hydrogen-bond acceptors (Lipinski definition) is 6. The van der Waals surface area contributed by atoms with E-state index < -0.39 is 38.9 Å². The highest BCUT2D eigenvalue weighted by Gasteiger charge is 2.23. The second kappa shape index (κ2) is 23.3. The summed E-state index contributed by atoms with van der Waals surface area (Å²) in [4.78, 5) is 40.4. The van der Waals surface area contributed by atoms with Crippen LogP contribution in [-0.4, -0.2) is 54.4 Å². The molecule has 2 atom stereocenters. The van der Waals surface area contributed by atoms with E-state index in [1.807, 2.05) is 24.3 Å². The summed E-state index contributed by atoms with van der Waals surface area (Å²) in [6.45, 7) is 3.09. The molecule has 6 aromatic rings. The molecule has 2 unspecified atom stereocenters. The van der Waals surface area contributed by atoms with Crippen LogP contribution in [0, 0.1) is 0 Å². The molecule has 0 aliphatic rings. The minimum atomic E-state index is -3.40. The normalized spacial score (nSPS) is 11.4. The van der Waals surface area contributed by atoms with Crippen molar-refractivity contribution in [1.29, 1.82) is 0 Å². The molecule has 54 heavy (non-hydrogen) atoms. The maximum Gasteiger partial charge on any atom is 0.335 e. The Hall–Kier alpha value is -5.44. The molecular formula is C42H44O10P2. The van der Waals surface area contributed by atoms with Crippen LogP contribution in [0.3, 0.4) is 0 Å². The fourth-order valence-corrected chi connectivity index (χ4v) is 6.88. The van der Waals surface area contributed by atoms with Gasteiger partial charge in [-0.05, 0) is 86.6 Å². The van der Waals surface area contributed by atoms with Gasteiger partial charge in [-0.15, -0.1) is 0 Å². The van der Waals surface area contributed by atoms with E-state index in [0.29, 0.717) is 32.3 Å². The molecule has 0 aromatic heterocycles. The number of aliphatic hydroxyl groups is 2. The number of rotatable bonds is 7. The maximum atomic E-state index is 12.2. The summed E-state index contributed by atoms with van der Waals surface area (Å²) in [5, 5.41) is 35.4. The highest BCUT2D eigenvalue weighted by molar-refractivity contribution is 7.73. The van der Waals surface area contributed by atoms with Gasteiger partial charge in [0.05, 0.1) is 23.3 Å². The van der Waals surface area contributed by atoms with Crippen LogP contribution in [0.15, 0.2) is 182 Å². The average Bonchev–Trinajstić information content (AvgIpc) is 3.21. The van der Waals surface area contributed by atoms with E-state index in [2.05, 4.69) is 0 Å². The van der Waals surface area contributed by atoms with Crippen molar-refractivity contribution in [2.45, 2.75) is 26.1 Å². The van der Waals surface area contributed by atoms with Gasteiger partial charge in [0.1, 0.15) is 0 Å². The Balaban J connectivity index is 0.000000243. The zero-order valence-electron chi connectivity index (χ0n) is 29.7. The summed E-state index contributed by atoms with van der Waals surface area (Å²) < 4.78 is 24.3. The van der Waals surface area contributed by atoms with Gasteiger partial charge in [0, 0.05) is 21.2 Å². The summed E-state index contributed by atoms with van der Waals surface area (Å²) in [5.41, 5.74) is 0.662. The van der Waals surface area contributed by atoms with Crippen molar-refractivity contribution >= 4 is 47.9 Å². The van der Waals surface area contributed by atoms with Crippen LogP contribution < -0.4 is 21.2 Å². The molecule has 12 heteroatoms. The molecule has 0 heterocycles. The molecule has 0 radical (unpaired) electrons. The standard InChI is InChI=1S/2C12H11O2P.2C7H6O2.C4H10O2/c2*13-15(14,11-7-3-1-4-8-11)12-9-5-2-6-10-12;2*8-7(9)6-4-2-1-3-5-6;1-3(5)4(2)6/h2*1-10H,(H,13,14);2*1-5H,(H,8,9);3-6H,1-2H3. The molecule has 0 fully saturated rings. The van der Waals surface area contributed by atoms with Gasteiger partial charge in [0.2, 0.25) is 0 Å². The fraction of sp³-hybridized carbons (Fsp3) is 0.0952. The predicted molar refractivity (Wildman–Crippen MR) is 214 cm³/mol. The van der Waals surface area contributed by atoms with E-state index in [0.717, 1.165) is 0 Å². The first-order valence-electron chi connectivity index (χ1n) is 16.5. The average molecular weight is 771 g/mol. The predicted octanol–water partition coefficient (Wildman–Crippen LogP) is 6.33. The first-order valence-corrected chi connectivity index (χ1v) is 19.8. The first-order chi connectivity index (χ1) is 25.7. The smallest absolute Gasteiger partial charge is 0.335 e. The Morgan fingerprint density at radius 3 is 0.685 bits per heavy atom. The molecule has 6 N–H and O–H groups in total. The molecule has 10 nitrogen and oxygen atoms in total. The largest absolute Gasteiger partial charge is 0.478 e. The lowest BCUT2D eigenvalue weighted by Gasteiger charge is -2.11. The van der Waals surface area contributed by atoms with Gasteiger partial charge >= 0.3 is 11.9 Å². The Morgan fingerprint density at radius 2 is 0.556 bits per heavy atom. The second-order valence-electron chi connectivity index (χ2n) is 11.3. The second-order valence-corrected chi connectivity index (χ2v) is 15.7. The third-order valence-corrected chi connectivity index (χ3v) is 11.2. The molecule has 0 aliphatic carbocycles. The van der Waals surface area contributed by atoms with E-state index >= 15 is 0 Å². The SMILES string of the molecule is CC(O)C(C)O.O=C(O)c1ccccc1.O=C(O)c1ccccc1.O=P(O)(c1ccccc1)c1ccccc1.O=P(O)(c1ccccc1)c1ccccc1. The maximum absolute atomic E-state index is 12.2. The van der Waals surface area contributed by atoms with Crippen molar-refractivity contribution in [2.24, 2.45) is 0 Å². The van der Waals surface area contributed by atoms with Gasteiger partial charge in [-0.1, -0.05) is 109 Å². The van der Waals surface area contributed by atoms with Crippen molar-refractivity contribution in [3.8, 4) is 0 Å². The third kappa shape index (κ3) is 15.7. The van der Waals surface area contributed by atoms with Crippen molar-refractivity contribution in [3.63, 3.8) is 0 Å². The molecule has 6 aromatic carbocycles. The number of carboxylic acid groups (broad SMARTS) is 2. The molecular weight excluding hydrogens is 726 g/mol. The summed E-state index contributed by atoms with van der Waals surface area (Å²) in [7, 11) is -6.79. The summed E-state index contributed by atoms with van der Waals surface area (Å²) >= 11 is 0. The summed E-state index contributed by atoms with van der Waals surface area (Å²) in [6.07, 6.45) is -1.19. The molecule has 0 spiro atoms. The van der Waals surface area contributed by atoms with Crippen molar-refractivity contribution < 1.29 is 48.9 Å². The molecule has 282 valence electrons. The van der Waals surface area contributed by atoms with Crippen molar-refractivity contribution in [2.75, 3.05) is 0 Å². The highest BCUT2D eigenvalue weighted by Crippen LogP contribution is 2.38. The van der Waals surface area contributed by atoms with Crippen LogP contribution >= 0.6 is 14.7 Å². The molecule has 0 aliphatic heterocycles. The minimum Gasteiger partial charge on any atom is -0.478 e. The lowest BCUT2D eigenvalue weighted by atomic mass is 10.2. The van der Waals surface area contributed by atoms with Crippen molar-refractivity contribution in [3.05, 3.63) is 193 Å². The van der Waals surface area contributed by atoms with Crippen LogP contribution in [0.1, 0.15) is 34.6 Å². The van der Waals surface area contributed by atoms with Gasteiger partial charge in [0.15, 0.2) is 0 Å². The number of benzene rings is 6. The monoisotopic (exact) mass is 770 g/mol. The number of carboxylic acids is 2. The van der Waals surface area contributed by atoms with Gasteiger partial charge in [-0.25, -0.2) is 9.59 Å². The summed E-state index contributed by atoms with van der Waals surface area (Å²) in [5.74, 6) is -1.76. The lowest BCUT2D eigenvalue weighted by Crippen LogP contribution is -2.17. The van der Waals surface area contributed by atoms with Crippen LogP contribution in [0.4, 0.5) is 0 Å². The minimum absolute atomic E-state index is 0.331. The first kappa shape index (κ1) is 44.7. The van der Waals surface area contributed by atoms with E-state index in [1.54, 1.807) is 172 Å². The Morgan fingerprint density at radius 1 is 0.389 bits per heavy atom. The molecule has 0 bridgehead atoms. The van der Waals surface area contributed by atoms with Gasteiger partial charge in [-0.2, -0.15) is 0 Å². The van der Waals surface area contributed by atoms with E-state index in [1.165, 1.54) is 0 Å². The Labute approximate surface area is 315 Å².